The fraction of sp³-hybridized carbons (Fsp3) is 0.136. The first-order valence-corrected chi connectivity index (χ1v) is 10.9. The molecule has 0 saturated carbocycles. The van der Waals surface area contributed by atoms with Crippen molar-refractivity contribution in [2.75, 3.05) is 5.01 Å². The molecular formula is C22H17N3O4S. The molecule has 2 aliphatic rings. The van der Waals surface area contributed by atoms with E-state index in [0.717, 1.165) is 5.69 Å². The summed E-state index contributed by atoms with van der Waals surface area (Å²) in [7, 11) is -3.91. The first-order chi connectivity index (χ1) is 14.3. The van der Waals surface area contributed by atoms with Crippen LogP contribution in [0.3, 0.4) is 0 Å². The lowest BCUT2D eigenvalue weighted by molar-refractivity contribution is -0.385. The van der Waals surface area contributed by atoms with Gasteiger partial charge in [0.15, 0.2) is 9.84 Å². The van der Waals surface area contributed by atoms with Crippen LogP contribution in [0.15, 0.2) is 88.9 Å². The summed E-state index contributed by atoms with van der Waals surface area (Å²) in [5, 5.41) is 16.8. The number of non-ortho nitro benzene ring substituents is 1. The average molecular weight is 419 g/mol. The van der Waals surface area contributed by atoms with Crippen LogP contribution >= 0.6 is 0 Å². The predicted octanol–water partition coefficient (Wildman–Crippen LogP) is 3.89. The molecule has 2 heterocycles. The zero-order valence-electron chi connectivity index (χ0n) is 16.0. The normalized spacial score (nSPS) is 23.6. The van der Waals surface area contributed by atoms with Crippen molar-refractivity contribution in [3.05, 3.63) is 100 Å². The summed E-state index contributed by atoms with van der Waals surface area (Å²) >= 11 is 0. The van der Waals surface area contributed by atoms with Crippen LogP contribution in [-0.2, 0) is 15.4 Å². The zero-order valence-corrected chi connectivity index (χ0v) is 16.8. The lowest BCUT2D eigenvalue weighted by atomic mass is 9.85. The Morgan fingerprint density at radius 1 is 1.00 bits per heavy atom. The molecule has 2 atom stereocenters. The smallest absolute Gasteiger partial charge is 0.258 e. The van der Waals surface area contributed by atoms with Gasteiger partial charge in [-0.25, -0.2) is 8.42 Å². The summed E-state index contributed by atoms with van der Waals surface area (Å²) in [5.74, 6) is 0. The summed E-state index contributed by atoms with van der Waals surface area (Å²) in [6, 6.07) is 22.6. The zero-order chi connectivity index (χ0) is 21.1. The average Bonchev–Trinajstić information content (AvgIpc) is 3.17. The quantitative estimate of drug-likeness (QED) is 0.474. The third-order valence-electron chi connectivity index (χ3n) is 5.82. The highest BCUT2D eigenvalue weighted by Gasteiger charge is 2.63. The highest BCUT2D eigenvalue weighted by Crippen LogP contribution is 2.53. The number of fused-ring (bicyclic) bond motifs is 3. The molecule has 5 rings (SSSR count). The van der Waals surface area contributed by atoms with Crippen molar-refractivity contribution >= 4 is 26.9 Å². The van der Waals surface area contributed by atoms with Gasteiger partial charge >= 0.3 is 0 Å². The number of anilines is 1. The van der Waals surface area contributed by atoms with Gasteiger partial charge in [-0.2, -0.15) is 5.10 Å². The molecule has 0 bridgehead atoms. The SMILES string of the molecule is CC12c3ccc([N+](=O)[O-])cc3S(=O)(=O)C1C(c1ccccc1)=NN2c1ccccc1. The Morgan fingerprint density at radius 3 is 2.27 bits per heavy atom. The van der Waals surface area contributed by atoms with Gasteiger partial charge < -0.3 is 0 Å². The van der Waals surface area contributed by atoms with Crippen LogP contribution in [0.1, 0.15) is 18.1 Å². The van der Waals surface area contributed by atoms with Crippen LogP contribution in [0.4, 0.5) is 11.4 Å². The molecule has 3 aromatic carbocycles. The van der Waals surface area contributed by atoms with Crippen LogP contribution < -0.4 is 5.01 Å². The maximum atomic E-state index is 13.7. The highest BCUT2D eigenvalue weighted by molar-refractivity contribution is 7.93. The lowest BCUT2D eigenvalue weighted by Crippen LogP contribution is -2.46. The number of nitro benzene ring substituents is 1. The molecule has 0 radical (unpaired) electrons. The Labute approximate surface area is 173 Å². The number of sulfone groups is 1. The van der Waals surface area contributed by atoms with Crippen LogP contribution in [0, 0.1) is 10.1 Å². The van der Waals surface area contributed by atoms with Gasteiger partial charge in [0.2, 0.25) is 0 Å². The molecule has 0 aromatic heterocycles. The van der Waals surface area contributed by atoms with Gasteiger partial charge in [0.05, 0.1) is 21.2 Å². The molecule has 150 valence electrons. The van der Waals surface area contributed by atoms with E-state index in [1.807, 2.05) is 67.6 Å². The van der Waals surface area contributed by atoms with Crippen molar-refractivity contribution in [3.63, 3.8) is 0 Å². The Hall–Kier alpha value is -3.52. The minimum Gasteiger partial charge on any atom is -0.258 e. The van der Waals surface area contributed by atoms with Crippen LogP contribution in [0.25, 0.3) is 0 Å². The Morgan fingerprint density at radius 2 is 1.63 bits per heavy atom. The van der Waals surface area contributed by atoms with Gasteiger partial charge in [-0.1, -0.05) is 48.5 Å². The summed E-state index contributed by atoms with van der Waals surface area (Å²) in [4.78, 5) is 10.7. The van der Waals surface area contributed by atoms with Crippen LogP contribution in [-0.4, -0.2) is 24.3 Å². The van der Waals surface area contributed by atoms with Gasteiger partial charge in [0.1, 0.15) is 10.8 Å². The fourth-order valence-electron chi connectivity index (χ4n) is 4.46. The van der Waals surface area contributed by atoms with Crippen molar-refractivity contribution in [1.82, 2.24) is 0 Å². The second-order valence-electron chi connectivity index (χ2n) is 7.51. The molecule has 30 heavy (non-hydrogen) atoms. The summed E-state index contributed by atoms with van der Waals surface area (Å²) in [6.45, 7) is 1.83. The van der Waals surface area contributed by atoms with E-state index in [1.165, 1.54) is 12.1 Å². The molecule has 0 N–H and O–H groups in total. The first kappa shape index (κ1) is 18.5. The minimum atomic E-state index is -3.91. The summed E-state index contributed by atoms with van der Waals surface area (Å²) in [5.41, 5.74) is 1.12. The van der Waals surface area contributed by atoms with E-state index >= 15 is 0 Å². The number of hydrogen-bond acceptors (Lipinski definition) is 6. The third-order valence-corrected chi connectivity index (χ3v) is 8.07. The number of hydrogen-bond donors (Lipinski definition) is 0. The first-order valence-electron chi connectivity index (χ1n) is 9.37. The second-order valence-corrected chi connectivity index (χ2v) is 9.51. The second kappa shape index (κ2) is 6.24. The number of benzene rings is 3. The van der Waals surface area contributed by atoms with E-state index in [-0.39, 0.29) is 10.6 Å². The van der Waals surface area contributed by atoms with Gasteiger partial charge in [0.25, 0.3) is 5.69 Å². The van der Waals surface area contributed by atoms with Crippen LogP contribution in [0.5, 0.6) is 0 Å². The Kier molecular flexibility index (Phi) is 3.85. The van der Waals surface area contributed by atoms with Crippen molar-refractivity contribution in [1.29, 1.82) is 0 Å². The van der Waals surface area contributed by atoms with Crippen molar-refractivity contribution in [3.8, 4) is 0 Å². The number of nitrogens with zero attached hydrogens (tertiary/aromatic N) is 3. The summed E-state index contributed by atoms with van der Waals surface area (Å²) < 4.78 is 27.4. The number of hydrazone groups is 1. The molecule has 3 aromatic rings. The van der Waals surface area contributed by atoms with Crippen molar-refractivity contribution < 1.29 is 13.3 Å². The Balaban J connectivity index is 1.81. The maximum absolute atomic E-state index is 13.7. The number of rotatable bonds is 3. The minimum absolute atomic E-state index is 0.00605. The van der Waals surface area contributed by atoms with E-state index < -0.39 is 25.5 Å². The predicted molar refractivity (Wildman–Crippen MR) is 113 cm³/mol. The molecule has 0 amide bonds. The molecular weight excluding hydrogens is 402 g/mol. The maximum Gasteiger partial charge on any atom is 0.270 e. The van der Waals surface area contributed by atoms with E-state index in [4.69, 9.17) is 5.10 Å². The summed E-state index contributed by atoms with van der Waals surface area (Å²) in [6.07, 6.45) is 0. The van der Waals surface area contributed by atoms with Crippen molar-refractivity contribution in [2.45, 2.75) is 22.6 Å². The van der Waals surface area contributed by atoms with Gasteiger partial charge in [-0.15, -0.1) is 0 Å². The third kappa shape index (κ3) is 2.37. The molecule has 0 spiro atoms. The lowest BCUT2D eigenvalue weighted by Gasteiger charge is -2.34. The van der Waals surface area contributed by atoms with E-state index in [0.29, 0.717) is 16.8 Å². The number of nitro groups is 1. The molecule has 0 aliphatic carbocycles. The van der Waals surface area contributed by atoms with Gasteiger partial charge in [-0.05, 0) is 30.7 Å². The van der Waals surface area contributed by atoms with Gasteiger partial charge in [-0.3, -0.25) is 15.1 Å². The number of para-hydroxylation sites is 1. The standard InChI is InChI=1S/C22H17N3O4S/c1-22-18-13-12-17(25(26)27)14-19(18)30(28,29)21(22)20(15-8-4-2-5-9-15)23-24(22)16-10-6-3-7-11-16/h2-14,21H,1H3. The van der Waals surface area contributed by atoms with E-state index in [1.54, 1.807) is 11.1 Å². The Bertz CT molecular complexity index is 1310. The monoisotopic (exact) mass is 419 g/mol. The van der Waals surface area contributed by atoms with E-state index in [2.05, 4.69) is 0 Å². The molecule has 0 fully saturated rings. The van der Waals surface area contributed by atoms with Crippen molar-refractivity contribution in [2.24, 2.45) is 5.10 Å². The largest absolute Gasteiger partial charge is 0.270 e. The molecule has 7 nitrogen and oxygen atoms in total. The molecule has 0 saturated heterocycles. The molecule has 2 unspecified atom stereocenters. The molecule has 2 aliphatic heterocycles. The molecule has 8 heteroatoms. The highest BCUT2D eigenvalue weighted by atomic mass is 32.2. The van der Waals surface area contributed by atoms with Gasteiger partial charge in [0, 0.05) is 17.7 Å². The fourth-order valence-corrected chi connectivity index (χ4v) is 6.89. The van der Waals surface area contributed by atoms with Crippen LogP contribution in [0.2, 0.25) is 0 Å². The topological polar surface area (TPSA) is 92.9 Å². The van der Waals surface area contributed by atoms with E-state index in [9.17, 15) is 18.5 Å².